The normalized spacial score (nSPS) is 63.5. The van der Waals surface area contributed by atoms with Crippen LogP contribution in [0.2, 0.25) is 0 Å². The van der Waals surface area contributed by atoms with Crippen molar-refractivity contribution in [1.82, 2.24) is 4.90 Å². The molecule has 3 spiro atoms. The van der Waals surface area contributed by atoms with Gasteiger partial charge in [0.1, 0.15) is 12.4 Å². The second kappa shape index (κ2) is 5.73. The Balaban J connectivity index is 1.58. The molecule has 0 aromatic heterocycles. The van der Waals surface area contributed by atoms with Gasteiger partial charge in [0, 0.05) is 50.4 Å². The molecule has 31 heavy (non-hydrogen) atoms. The summed E-state index contributed by atoms with van der Waals surface area (Å²) in [5.41, 5.74) is -2.29. The Morgan fingerprint density at radius 3 is 2.77 bits per heavy atom. The number of fused-ring (bicyclic) bond motifs is 1. The number of carbonyl (C=O) groups excluding carboxylic acids is 1. The van der Waals surface area contributed by atoms with Crippen LogP contribution in [0.3, 0.4) is 0 Å². The third kappa shape index (κ3) is 1.69. The zero-order chi connectivity index (χ0) is 21.6. The van der Waals surface area contributed by atoms with Gasteiger partial charge in [0.05, 0.1) is 24.4 Å². The predicted molar refractivity (Wildman–Crippen MR) is 109 cm³/mol. The van der Waals surface area contributed by atoms with E-state index < -0.39 is 17.3 Å². The highest BCUT2D eigenvalue weighted by Crippen LogP contribution is 2.81. The van der Waals surface area contributed by atoms with Gasteiger partial charge in [-0.15, -0.1) is 0 Å². The Morgan fingerprint density at radius 1 is 1.26 bits per heavy atom. The molecular weight excluding hydrogens is 398 g/mol. The van der Waals surface area contributed by atoms with Crippen LogP contribution >= 0.6 is 0 Å². The highest BCUT2D eigenvalue weighted by atomic mass is 16.7. The standard InChI is InChI=1S/C24H35NO6/c1-5-25-10-21(2)7-6-15(29-4)23-13-8-12-14(28-3)9-22(16(13)17(12)26)24(20(23)25,31-11-30-22)19(27)18(21)23/h12-18,20,26H,5-11H2,1-4H3/t12-,13-,14+,15+,16-,17+,18-,20+,21+,22-,23+,24+/m1/s1. The SMILES string of the molecule is CCN1C[C@]2(C)CC[C@H](OC)[C@@]34[C@@H]5C[C@H]6[C@H](O)[C@@H]5[C@@]5(C[C@@H]6OC)OCO[C@@]5(C(=O)[C@H]23)[C@@H]14. The lowest BCUT2D eigenvalue weighted by Gasteiger charge is -2.69. The number of carbonyl (C=O) groups is 1. The number of ketones is 1. The summed E-state index contributed by atoms with van der Waals surface area (Å²) in [7, 11) is 3.54. The fraction of sp³-hybridized carbons (Fsp3) is 0.958. The molecule has 2 heterocycles. The van der Waals surface area contributed by atoms with E-state index in [1.54, 1.807) is 7.11 Å². The number of aliphatic hydroxyl groups is 1. The first kappa shape index (κ1) is 19.9. The Labute approximate surface area is 183 Å². The Morgan fingerprint density at radius 2 is 2.06 bits per heavy atom. The number of Topliss-reactive ketones (excluding diaryl/α,β-unsaturated/α-hetero) is 1. The van der Waals surface area contributed by atoms with Gasteiger partial charge in [-0.2, -0.15) is 0 Å². The molecule has 7 fully saturated rings. The third-order valence-electron chi connectivity index (χ3n) is 11.3. The van der Waals surface area contributed by atoms with Crippen LogP contribution in [0, 0.1) is 34.5 Å². The van der Waals surface area contributed by atoms with E-state index in [1.807, 2.05) is 7.11 Å². The molecule has 7 heteroatoms. The van der Waals surface area contributed by atoms with Crippen molar-refractivity contribution >= 4 is 5.78 Å². The molecule has 7 rings (SSSR count). The van der Waals surface area contributed by atoms with Crippen LogP contribution in [-0.2, 0) is 23.7 Å². The van der Waals surface area contributed by atoms with Crippen LogP contribution in [0.1, 0.15) is 39.5 Å². The van der Waals surface area contributed by atoms with E-state index >= 15 is 0 Å². The molecule has 0 aromatic rings. The zero-order valence-electron chi connectivity index (χ0n) is 19.0. The van der Waals surface area contributed by atoms with E-state index in [-0.39, 0.29) is 65.3 Å². The van der Waals surface area contributed by atoms with E-state index in [1.165, 1.54) is 0 Å². The minimum atomic E-state index is -1.04. The Kier molecular flexibility index (Phi) is 3.67. The summed E-state index contributed by atoms with van der Waals surface area (Å²) >= 11 is 0. The van der Waals surface area contributed by atoms with Crippen LogP contribution in [-0.4, -0.2) is 85.4 Å². The van der Waals surface area contributed by atoms with Gasteiger partial charge in [0.25, 0.3) is 0 Å². The summed E-state index contributed by atoms with van der Waals surface area (Å²) in [5.74, 6) is 0.270. The minimum absolute atomic E-state index is 0.00649. The molecule has 0 radical (unpaired) electrons. The molecule has 0 amide bonds. The van der Waals surface area contributed by atoms with Gasteiger partial charge in [0.2, 0.25) is 0 Å². The first-order valence-corrected chi connectivity index (χ1v) is 12.2. The van der Waals surface area contributed by atoms with Crippen molar-refractivity contribution in [3.05, 3.63) is 0 Å². The number of hydrogen-bond donors (Lipinski definition) is 1. The van der Waals surface area contributed by atoms with Crippen LogP contribution < -0.4 is 0 Å². The molecule has 7 nitrogen and oxygen atoms in total. The maximum absolute atomic E-state index is 14.7. The second-order valence-corrected chi connectivity index (χ2v) is 11.7. The maximum atomic E-state index is 14.7. The predicted octanol–water partition coefficient (Wildman–Crippen LogP) is 1.22. The highest BCUT2D eigenvalue weighted by molar-refractivity contribution is 5.98. The maximum Gasteiger partial charge on any atom is 0.174 e. The van der Waals surface area contributed by atoms with Gasteiger partial charge >= 0.3 is 0 Å². The lowest BCUT2D eigenvalue weighted by Crippen LogP contribution is -2.80. The van der Waals surface area contributed by atoms with Crippen molar-refractivity contribution in [1.29, 1.82) is 0 Å². The molecule has 5 aliphatic carbocycles. The molecule has 2 aliphatic heterocycles. The number of methoxy groups -OCH3 is 2. The second-order valence-electron chi connectivity index (χ2n) is 11.7. The summed E-state index contributed by atoms with van der Waals surface area (Å²) in [4.78, 5) is 17.2. The molecular formula is C24H35NO6. The molecule has 7 bridgehead atoms. The average Bonchev–Trinajstić information content (AvgIpc) is 3.30. The number of likely N-dealkylation sites (N-methyl/N-ethyl adjacent to an activating group) is 1. The fourth-order valence-electron chi connectivity index (χ4n) is 10.8. The van der Waals surface area contributed by atoms with E-state index in [0.717, 1.165) is 32.4 Å². The summed E-state index contributed by atoms with van der Waals surface area (Å²) < 4.78 is 25.3. The van der Waals surface area contributed by atoms with Crippen LogP contribution in [0.15, 0.2) is 0 Å². The van der Waals surface area contributed by atoms with Gasteiger partial charge in [-0.3, -0.25) is 9.69 Å². The molecule has 172 valence electrons. The summed E-state index contributed by atoms with van der Waals surface area (Å²) in [5, 5.41) is 11.6. The summed E-state index contributed by atoms with van der Waals surface area (Å²) in [6.07, 6.45) is 2.79. The number of piperidine rings is 1. The average molecular weight is 434 g/mol. The molecule has 12 atom stereocenters. The monoisotopic (exact) mass is 433 g/mol. The van der Waals surface area contributed by atoms with Crippen LogP contribution in [0.25, 0.3) is 0 Å². The number of likely N-dealkylation sites (tertiary alicyclic amines) is 1. The first-order valence-electron chi connectivity index (χ1n) is 12.2. The van der Waals surface area contributed by atoms with Gasteiger partial charge in [-0.05, 0) is 37.1 Å². The zero-order valence-corrected chi connectivity index (χ0v) is 19.0. The molecule has 5 saturated carbocycles. The number of ether oxygens (including phenoxy) is 4. The van der Waals surface area contributed by atoms with Gasteiger partial charge in [-0.1, -0.05) is 13.8 Å². The largest absolute Gasteiger partial charge is 0.392 e. The minimum Gasteiger partial charge on any atom is -0.392 e. The van der Waals surface area contributed by atoms with E-state index in [0.29, 0.717) is 6.42 Å². The van der Waals surface area contributed by atoms with Crippen LogP contribution in [0.5, 0.6) is 0 Å². The molecule has 7 aliphatic rings. The smallest absolute Gasteiger partial charge is 0.174 e. The van der Waals surface area contributed by atoms with Gasteiger partial charge < -0.3 is 24.1 Å². The molecule has 0 unspecified atom stereocenters. The number of rotatable bonds is 3. The molecule has 0 aromatic carbocycles. The number of nitrogens with zero attached hydrogens (tertiary/aromatic N) is 1. The Hall–Kier alpha value is -0.570. The van der Waals surface area contributed by atoms with Crippen molar-refractivity contribution in [2.75, 3.05) is 34.1 Å². The molecule has 2 saturated heterocycles. The van der Waals surface area contributed by atoms with E-state index in [2.05, 4.69) is 18.7 Å². The third-order valence-corrected chi connectivity index (χ3v) is 11.3. The lowest BCUT2D eigenvalue weighted by atomic mass is 9.43. The number of hydrogen-bond acceptors (Lipinski definition) is 7. The van der Waals surface area contributed by atoms with Gasteiger partial charge in [-0.25, -0.2) is 0 Å². The quantitative estimate of drug-likeness (QED) is 0.717. The van der Waals surface area contributed by atoms with Crippen molar-refractivity contribution < 1.29 is 28.8 Å². The van der Waals surface area contributed by atoms with Gasteiger partial charge in [0.15, 0.2) is 11.4 Å². The lowest BCUT2D eigenvalue weighted by molar-refractivity contribution is -0.279. The van der Waals surface area contributed by atoms with Crippen molar-refractivity contribution in [3.8, 4) is 0 Å². The summed E-state index contributed by atoms with van der Waals surface area (Å²) in [6.45, 7) is 6.43. The topological polar surface area (TPSA) is 77.5 Å². The molecule has 1 N–H and O–H groups in total. The van der Waals surface area contributed by atoms with E-state index in [9.17, 15) is 9.90 Å². The highest BCUT2D eigenvalue weighted by Gasteiger charge is 2.93. The van der Waals surface area contributed by atoms with Crippen molar-refractivity contribution in [2.24, 2.45) is 34.5 Å². The van der Waals surface area contributed by atoms with Crippen molar-refractivity contribution in [3.63, 3.8) is 0 Å². The van der Waals surface area contributed by atoms with Crippen LogP contribution in [0.4, 0.5) is 0 Å². The fourth-order valence-corrected chi connectivity index (χ4v) is 10.8. The first-order chi connectivity index (χ1) is 14.9. The Bertz CT molecular complexity index is 852. The number of aliphatic hydroxyl groups excluding tert-OH is 1. The summed E-state index contributed by atoms with van der Waals surface area (Å²) in [6, 6.07) is -0.0638. The van der Waals surface area contributed by atoms with E-state index in [4.69, 9.17) is 18.9 Å². The van der Waals surface area contributed by atoms with Crippen molar-refractivity contribution in [2.45, 2.75) is 75.1 Å².